The molecule has 3 unspecified atom stereocenters. The number of aromatic nitrogens is 1. The Balaban J connectivity index is 1.79. The number of alkyl halides is 3. The Kier molecular flexibility index (Phi) is 5.25. The van der Waals surface area contributed by atoms with Gasteiger partial charge in [0.15, 0.2) is 17.4 Å². The second kappa shape index (κ2) is 7.29. The zero-order valence-electron chi connectivity index (χ0n) is 14.8. The second-order valence-corrected chi connectivity index (χ2v) is 7.15. The van der Waals surface area contributed by atoms with E-state index in [0.717, 1.165) is 37.9 Å². The van der Waals surface area contributed by atoms with Crippen molar-refractivity contribution in [2.75, 3.05) is 11.4 Å². The van der Waals surface area contributed by atoms with Crippen molar-refractivity contribution in [1.29, 1.82) is 0 Å². The molecule has 0 aliphatic carbocycles. The van der Waals surface area contributed by atoms with Gasteiger partial charge in [0.2, 0.25) is 0 Å². The van der Waals surface area contributed by atoms with E-state index < -0.39 is 11.7 Å². The van der Waals surface area contributed by atoms with Crippen molar-refractivity contribution in [3.05, 3.63) is 30.5 Å². The molecule has 2 aliphatic heterocycles. The molecule has 0 aromatic carbocycles. The Bertz CT molecular complexity index is 690. The molecule has 7 heteroatoms. The first kappa shape index (κ1) is 18.7. The minimum Gasteiger partial charge on any atom is -0.487 e. The highest BCUT2D eigenvalue weighted by molar-refractivity contribution is 5.88. The molecule has 142 valence electrons. The SMILES string of the molecule is C=CC(=O)CCC1CCN2c3ncc(C(F)(F)F)cc3OC(C)CC2C1. The quantitative estimate of drug-likeness (QED) is 0.739. The first-order chi connectivity index (χ1) is 12.3. The third-order valence-corrected chi connectivity index (χ3v) is 5.22. The monoisotopic (exact) mass is 368 g/mol. The lowest BCUT2D eigenvalue weighted by molar-refractivity contribution is -0.138. The summed E-state index contributed by atoms with van der Waals surface area (Å²) in [6, 6.07) is 1.21. The minimum absolute atomic E-state index is 0.0525. The van der Waals surface area contributed by atoms with Gasteiger partial charge in [-0.25, -0.2) is 4.98 Å². The van der Waals surface area contributed by atoms with Crippen LogP contribution in [0.1, 0.15) is 44.6 Å². The lowest BCUT2D eigenvalue weighted by Crippen LogP contribution is -2.43. The van der Waals surface area contributed by atoms with E-state index in [1.54, 1.807) is 0 Å². The lowest BCUT2D eigenvalue weighted by Gasteiger charge is -2.39. The zero-order chi connectivity index (χ0) is 18.9. The molecule has 2 aliphatic rings. The maximum absolute atomic E-state index is 13.0. The number of allylic oxidation sites excluding steroid dienone is 1. The number of fused-ring (bicyclic) bond motifs is 3. The third-order valence-electron chi connectivity index (χ3n) is 5.22. The predicted octanol–water partition coefficient (Wildman–Crippen LogP) is 4.39. The highest BCUT2D eigenvalue weighted by Crippen LogP contribution is 2.41. The fraction of sp³-hybridized carbons (Fsp3) is 0.579. The molecule has 1 fully saturated rings. The number of nitrogens with zero attached hydrogens (tertiary/aromatic N) is 2. The molecule has 0 spiro atoms. The zero-order valence-corrected chi connectivity index (χ0v) is 14.8. The molecule has 4 nitrogen and oxygen atoms in total. The van der Waals surface area contributed by atoms with E-state index in [-0.39, 0.29) is 23.7 Å². The van der Waals surface area contributed by atoms with Gasteiger partial charge in [-0.3, -0.25) is 4.79 Å². The molecule has 3 rings (SSSR count). The fourth-order valence-corrected chi connectivity index (χ4v) is 3.89. The topological polar surface area (TPSA) is 42.4 Å². The number of piperidine rings is 1. The van der Waals surface area contributed by atoms with Gasteiger partial charge in [0.05, 0.1) is 11.7 Å². The van der Waals surface area contributed by atoms with Gasteiger partial charge in [-0.1, -0.05) is 6.58 Å². The summed E-state index contributed by atoms with van der Waals surface area (Å²) >= 11 is 0. The van der Waals surface area contributed by atoms with Gasteiger partial charge in [-0.15, -0.1) is 0 Å². The number of carbonyl (C=O) groups is 1. The Labute approximate surface area is 151 Å². The highest BCUT2D eigenvalue weighted by atomic mass is 19.4. The van der Waals surface area contributed by atoms with Crippen LogP contribution in [-0.4, -0.2) is 29.5 Å². The number of halogens is 3. The number of ketones is 1. The summed E-state index contributed by atoms with van der Waals surface area (Å²) in [4.78, 5) is 17.6. The number of pyridine rings is 1. The van der Waals surface area contributed by atoms with Crippen molar-refractivity contribution in [2.24, 2.45) is 5.92 Å². The summed E-state index contributed by atoms with van der Waals surface area (Å²) < 4.78 is 44.7. The van der Waals surface area contributed by atoms with E-state index in [4.69, 9.17) is 4.74 Å². The molecule has 26 heavy (non-hydrogen) atoms. The summed E-state index contributed by atoms with van der Waals surface area (Å²) in [5, 5.41) is 0. The molecule has 0 amide bonds. The lowest BCUT2D eigenvalue weighted by atomic mass is 9.85. The first-order valence-corrected chi connectivity index (χ1v) is 8.93. The van der Waals surface area contributed by atoms with Crippen molar-refractivity contribution in [1.82, 2.24) is 4.98 Å². The van der Waals surface area contributed by atoms with Crippen molar-refractivity contribution in [3.63, 3.8) is 0 Å². The first-order valence-electron chi connectivity index (χ1n) is 8.93. The van der Waals surface area contributed by atoms with Crippen LogP contribution in [-0.2, 0) is 11.0 Å². The largest absolute Gasteiger partial charge is 0.487 e. The molecule has 0 radical (unpaired) electrons. The van der Waals surface area contributed by atoms with Crippen molar-refractivity contribution in [3.8, 4) is 5.75 Å². The molecule has 0 bridgehead atoms. The van der Waals surface area contributed by atoms with E-state index in [0.29, 0.717) is 24.7 Å². The number of hydrogen-bond acceptors (Lipinski definition) is 4. The number of carbonyl (C=O) groups excluding carboxylic acids is 1. The molecule has 1 saturated heterocycles. The van der Waals surface area contributed by atoms with E-state index in [1.165, 1.54) is 6.08 Å². The van der Waals surface area contributed by atoms with Crippen LogP contribution >= 0.6 is 0 Å². The molecular formula is C19H23F3N2O2. The van der Waals surface area contributed by atoms with Gasteiger partial charge in [-0.2, -0.15) is 13.2 Å². The number of rotatable bonds is 4. The van der Waals surface area contributed by atoms with E-state index >= 15 is 0 Å². The average molecular weight is 368 g/mol. The molecule has 3 atom stereocenters. The van der Waals surface area contributed by atoms with Gasteiger partial charge in [-0.05, 0) is 44.2 Å². The van der Waals surface area contributed by atoms with Gasteiger partial charge < -0.3 is 9.64 Å². The fourth-order valence-electron chi connectivity index (χ4n) is 3.89. The third kappa shape index (κ3) is 4.02. The van der Waals surface area contributed by atoms with Crippen molar-refractivity contribution < 1.29 is 22.7 Å². The van der Waals surface area contributed by atoms with Gasteiger partial charge >= 0.3 is 6.18 Å². The van der Waals surface area contributed by atoms with E-state index in [1.807, 2.05) is 6.92 Å². The summed E-state index contributed by atoms with van der Waals surface area (Å²) in [6.45, 7) is 6.08. The summed E-state index contributed by atoms with van der Waals surface area (Å²) in [5.41, 5.74) is -0.792. The average Bonchev–Trinajstić information content (AvgIpc) is 2.72. The van der Waals surface area contributed by atoms with Crippen LogP contribution in [0.3, 0.4) is 0 Å². The summed E-state index contributed by atoms with van der Waals surface area (Å²) in [5.74, 6) is 1.17. The van der Waals surface area contributed by atoms with Crippen molar-refractivity contribution >= 4 is 11.6 Å². The standard InChI is InChI=1S/C19H23F3N2O2/c1-3-16(25)5-4-13-6-7-24-15(9-13)8-12(2)26-17-10-14(19(20,21)22)11-23-18(17)24/h3,10-13,15H,1,4-9H2,2H3. The van der Waals surface area contributed by atoms with Gasteiger partial charge in [0.1, 0.15) is 0 Å². The van der Waals surface area contributed by atoms with Crippen LogP contribution in [0, 0.1) is 5.92 Å². The van der Waals surface area contributed by atoms with E-state index in [9.17, 15) is 18.0 Å². The smallest absolute Gasteiger partial charge is 0.418 e. The van der Waals surface area contributed by atoms with Crippen molar-refractivity contribution in [2.45, 2.75) is 57.3 Å². The number of hydrogen-bond donors (Lipinski definition) is 0. The van der Waals surface area contributed by atoms with Crippen LogP contribution in [0.15, 0.2) is 24.9 Å². The van der Waals surface area contributed by atoms with Crippen LogP contribution < -0.4 is 9.64 Å². The summed E-state index contributed by atoms with van der Waals surface area (Å²) in [7, 11) is 0. The summed E-state index contributed by atoms with van der Waals surface area (Å²) in [6.07, 6.45) is 1.42. The molecule has 3 heterocycles. The molecule has 1 aromatic rings. The minimum atomic E-state index is -4.44. The Morgan fingerprint density at radius 2 is 2.23 bits per heavy atom. The molecule has 1 aromatic heterocycles. The van der Waals surface area contributed by atoms with Crippen LogP contribution in [0.2, 0.25) is 0 Å². The van der Waals surface area contributed by atoms with Crippen LogP contribution in [0.4, 0.5) is 19.0 Å². The maximum Gasteiger partial charge on any atom is 0.418 e. The highest BCUT2D eigenvalue weighted by Gasteiger charge is 2.37. The van der Waals surface area contributed by atoms with Crippen LogP contribution in [0.25, 0.3) is 0 Å². The predicted molar refractivity (Wildman–Crippen MR) is 92.2 cm³/mol. The molecule has 0 saturated carbocycles. The number of anilines is 1. The Morgan fingerprint density at radius 3 is 2.92 bits per heavy atom. The second-order valence-electron chi connectivity index (χ2n) is 7.15. The Hall–Kier alpha value is -2.05. The normalized spacial score (nSPS) is 25.5. The Morgan fingerprint density at radius 1 is 1.46 bits per heavy atom. The van der Waals surface area contributed by atoms with Gasteiger partial charge in [0.25, 0.3) is 0 Å². The maximum atomic E-state index is 13.0. The van der Waals surface area contributed by atoms with E-state index in [2.05, 4.69) is 16.5 Å². The van der Waals surface area contributed by atoms with Gasteiger partial charge in [0, 0.05) is 31.6 Å². The molecule has 0 N–H and O–H groups in total. The number of ether oxygens (including phenoxy) is 1. The van der Waals surface area contributed by atoms with Crippen LogP contribution in [0.5, 0.6) is 5.75 Å². The molecular weight excluding hydrogens is 345 g/mol.